The van der Waals surface area contributed by atoms with Crippen LogP contribution in [0.4, 0.5) is 11.6 Å². The lowest BCUT2D eigenvalue weighted by Crippen LogP contribution is -2.38. The van der Waals surface area contributed by atoms with Crippen molar-refractivity contribution < 1.29 is 19.0 Å². The molecule has 2 aliphatic heterocycles. The van der Waals surface area contributed by atoms with Crippen LogP contribution in [0.25, 0.3) is 0 Å². The summed E-state index contributed by atoms with van der Waals surface area (Å²) in [6.07, 6.45) is 2.25. The van der Waals surface area contributed by atoms with Gasteiger partial charge in [-0.15, -0.1) is 10.2 Å². The molecule has 3 heterocycles. The molecule has 0 radical (unpaired) electrons. The van der Waals surface area contributed by atoms with Gasteiger partial charge in [0.15, 0.2) is 5.16 Å². The van der Waals surface area contributed by atoms with E-state index in [4.69, 9.17) is 14.2 Å². The van der Waals surface area contributed by atoms with Gasteiger partial charge in [0, 0.05) is 25.4 Å². The van der Waals surface area contributed by atoms with E-state index < -0.39 is 0 Å². The number of morpholine rings is 1. The first-order valence-electron chi connectivity index (χ1n) is 11.2. The van der Waals surface area contributed by atoms with E-state index in [0.717, 1.165) is 55.1 Å². The molecule has 0 saturated carbocycles. The Labute approximate surface area is 192 Å². The first-order chi connectivity index (χ1) is 15.6. The van der Waals surface area contributed by atoms with Crippen molar-refractivity contribution in [2.75, 3.05) is 49.7 Å². The Balaban J connectivity index is 1.44. The van der Waals surface area contributed by atoms with Crippen molar-refractivity contribution in [1.29, 1.82) is 0 Å². The van der Waals surface area contributed by atoms with Gasteiger partial charge in [-0.1, -0.05) is 11.8 Å². The van der Waals surface area contributed by atoms with Crippen LogP contribution in [0.15, 0.2) is 29.4 Å². The molecule has 0 spiro atoms. The molecule has 1 N–H and O–H groups in total. The molecule has 1 amide bonds. The van der Waals surface area contributed by atoms with E-state index in [1.807, 2.05) is 38.1 Å². The zero-order valence-corrected chi connectivity index (χ0v) is 19.5. The SMILES string of the molecule is CCOc1ccc(NC(=O)C(C)Sc2nnc(N3CCOCC3)n2CC2CCCO2)cc1. The minimum atomic E-state index is -0.341. The van der Waals surface area contributed by atoms with Gasteiger partial charge in [-0.05, 0) is 51.0 Å². The van der Waals surface area contributed by atoms with Crippen molar-refractivity contribution in [2.24, 2.45) is 0 Å². The van der Waals surface area contributed by atoms with E-state index in [9.17, 15) is 4.79 Å². The van der Waals surface area contributed by atoms with Gasteiger partial charge in [0.1, 0.15) is 5.75 Å². The molecular weight excluding hydrogens is 430 g/mol. The summed E-state index contributed by atoms with van der Waals surface area (Å²) >= 11 is 1.42. The summed E-state index contributed by atoms with van der Waals surface area (Å²) in [7, 11) is 0. The molecule has 9 nitrogen and oxygen atoms in total. The predicted molar refractivity (Wildman–Crippen MR) is 124 cm³/mol. The van der Waals surface area contributed by atoms with E-state index in [1.165, 1.54) is 11.8 Å². The Morgan fingerprint density at radius 1 is 1.25 bits per heavy atom. The van der Waals surface area contributed by atoms with Crippen molar-refractivity contribution in [3.63, 3.8) is 0 Å². The molecule has 2 aliphatic rings. The largest absolute Gasteiger partial charge is 0.494 e. The molecule has 0 aliphatic carbocycles. The van der Waals surface area contributed by atoms with Crippen LogP contribution >= 0.6 is 11.8 Å². The van der Waals surface area contributed by atoms with E-state index in [0.29, 0.717) is 26.4 Å². The number of ether oxygens (including phenoxy) is 3. The number of hydrogen-bond acceptors (Lipinski definition) is 8. The highest BCUT2D eigenvalue weighted by Gasteiger charge is 2.27. The molecular formula is C22H31N5O4S. The molecule has 174 valence electrons. The lowest BCUT2D eigenvalue weighted by atomic mass is 10.2. The lowest BCUT2D eigenvalue weighted by molar-refractivity contribution is -0.115. The third kappa shape index (κ3) is 5.73. The Hall–Kier alpha value is -2.30. The van der Waals surface area contributed by atoms with E-state index >= 15 is 0 Å². The average Bonchev–Trinajstić information content (AvgIpc) is 3.47. The number of benzene rings is 1. The van der Waals surface area contributed by atoms with Crippen LogP contribution < -0.4 is 15.0 Å². The summed E-state index contributed by atoms with van der Waals surface area (Å²) in [5.41, 5.74) is 0.737. The number of rotatable bonds is 9. The predicted octanol–water partition coefficient (Wildman–Crippen LogP) is 2.81. The number of aromatic nitrogens is 3. The van der Waals surface area contributed by atoms with E-state index in [2.05, 4.69) is 25.0 Å². The van der Waals surface area contributed by atoms with Gasteiger partial charge in [0.25, 0.3) is 0 Å². The highest BCUT2D eigenvalue weighted by atomic mass is 32.2. The summed E-state index contributed by atoms with van der Waals surface area (Å²) in [5, 5.41) is 12.3. The zero-order chi connectivity index (χ0) is 22.3. The van der Waals surface area contributed by atoms with Crippen LogP contribution in [0.5, 0.6) is 5.75 Å². The zero-order valence-electron chi connectivity index (χ0n) is 18.7. The van der Waals surface area contributed by atoms with Crippen LogP contribution in [0.3, 0.4) is 0 Å². The van der Waals surface area contributed by atoms with Gasteiger partial charge in [-0.3, -0.25) is 9.36 Å². The van der Waals surface area contributed by atoms with Gasteiger partial charge in [0.05, 0.1) is 37.7 Å². The molecule has 4 rings (SSSR count). The fourth-order valence-corrected chi connectivity index (χ4v) is 4.63. The molecule has 1 aromatic carbocycles. The maximum atomic E-state index is 12.8. The number of thioether (sulfide) groups is 1. The van der Waals surface area contributed by atoms with Crippen molar-refractivity contribution >= 4 is 29.3 Å². The third-order valence-corrected chi connectivity index (χ3v) is 6.57. The van der Waals surface area contributed by atoms with Crippen LogP contribution in [-0.2, 0) is 20.8 Å². The summed E-state index contributed by atoms with van der Waals surface area (Å²) in [6.45, 7) is 8.83. The highest BCUT2D eigenvalue weighted by Crippen LogP contribution is 2.29. The van der Waals surface area contributed by atoms with E-state index in [-0.39, 0.29) is 17.3 Å². The maximum Gasteiger partial charge on any atom is 0.237 e. The maximum absolute atomic E-state index is 12.8. The topological polar surface area (TPSA) is 90.7 Å². The second-order valence-corrected chi connectivity index (χ2v) is 9.14. The Morgan fingerprint density at radius 2 is 2.03 bits per heavy atom. The van der Waals surface area contributed by atoms with E-state index in [1.54, 1.807) is 0 Å². The fourth-order valence-electron chi connectivity index (χ4n) is 3.77. The summed E-state index contributed by atoms with van der Waals surface area (Å²) in [5.74, 6) is 1.52. The lowest BCUT2D eigenvalue weighted by Gasteiger charge is -2.28. The summed E-state index contributed by atoms with van der Waals surface area (Å²) < 4.78 is 18.9. The van der Waals surface area contributed by atoms with Gasteiger partial charge in [0.2, 0.25) is 11.9 Å². The fraction of sp³-hybridized carbons (Fsp3) is 0.591. The molecule has 1 aromatic heterocycles. The summed E-state index contributed by atoms with van der Waals surface area (Å²) in [6, 6.07) is 7.39. The summed E-state index contributed by atoms with van der Waals surface area (Å²) in [4.78, 5) is 15.0. The number of anilines is 2. The average molecular weight is 462 g/mol. The van der Waals surface area contributed by atoms with Crippen molar-refractivity contribution in [1.82, 2.24) is 14.8 Å². The number of carbonyl (C=O) groups excluding carboxylic acids is 1. The Morgan fingerprint density at radius 3 is 2.72 bits per heavy atom. The Bertz CT molecular complexity index is 879. The molecule has 2 unspecified atom stereocenters. The quantitative estimate of drug-likeness (QED) is 0.570. The molecule has 2 aromatic rings. The molecule has 10 heteroatoms. The molecule has 2 atom stereocenters. The number of nitrogens with zero attached hydrogens (tertiary/aromatic N) is 4. The Kier molecular flexibility index (Phi) is 7.88. The molecule has 2 fully saturated rings. The number of hydrogen-bond donors (Lipinski definition) is 1. The third-order valence-electron chi connectivity index (χ3n) is 5.49. The minimum absolute atomic E-state index is 0.0845. The van der Waals surface area contributed by atoms with Crippen LogP contribution in [-0.4, -0.2) is 71.5 Å². The van der Waals surface area contributed by atoms with Crippen molar-refractivity contribution in [3.8, 4) is 5.75 Å². The second kappa shape index (κ2) is 11.0. The molecule has 0 bridgehead atoms. The molecule has 2 saturated heterocycles. The smallest absolute Gasteiger partial charge is 0.237 e. The monoisotopic (exact) mass is 461 g/mol. The van der Waals surface area contributed by atoms with Crippen LogP contribution in [0.2, 0.25) is 0 Å². The number of amides is 1. The number of carbonyl (C=O) groups is 1. The van der Waals surface area contributed by atoms with Crippen molar-refractivity contribution in [3.05, 3.63) is 24.3 Å². The second-order valence-electron chi connectivity index (χ2n) is 7.83. The van der Waals surface area contributed by atoms with Crippen LogP contribution in [0.1, 0.15) is 26.7 Å². The van der Waals surface area contributed by atoms with Gasteiger partial charge >= 0.3 is 0 Å². The first-order valence-corrected chi connectivity index (χ1v) is 12.1. The van der Waals surface area contributed by atoms with Gasteiger partial charge in [-0.2, -0.15) is 0 Å². The van der Waals surface area contributed by atoms with Gasteiger partial charge < -0.3 is 24.4 Å². The first kappa shape index (κ1) is 22.9. The van der Waals surface area contributed by atoms with Crippen LogP contribution in [0, 0.1) is 0 Å². The van der Waals surface area contributed by atoms with Crippen molar-refractivity contribution in [2.45, 2.75) is 49.7 Å². The van der Waals surface area contributed by atoms with Gasteiger partial charge in [-0.25, -0.2) is 0 Å². The normalized spacial score (nSPS) is 19.7. The number of nitrogens with one attached hydrogen (secondary N) is 1. The minimum Gasteiger partial charge on any atom is -0.494 e. The highest BCUT2D eigenvalue weighted by molar-refractivity contribution is 8.00. The molecule has 32 heavy (non-hydrogen) atoms. The standard InChI is InChI=1S/C22H31N5O4S/c1-3-30-18-8-6-17(7-9-18)23-20(28)16(2)32-22-25-24-21(26-10-13-29-14-11-26)27(22)15-19-5-4-12-31-19/h6-9,16,19H,3-5,10-15H2,1-2H3,(H,23,28).